The molecule has 4 rings (SSSR count). The van der Waals surface area contributed by atoms with Gasteiger partial charge in [0.25, 0.3) is 5.56 Å². The third kappa shape index (κ3) is 4.40. The van der Waals surface area contributed by atoms with Gasteiger partial charge in [-0.25, -0.2) is 4.68 Å². The first-order chi connectivity index (χ1) is 13.1. The van der Waals surface area contributed by atoms with E-state index in [-0.39, 0.29) is 24.0 Å². The van der Waals surface area contributed by atoms with Crippen LogP contribution >= 0.6 is 24.0 Å². The van der Waals surface area contributed by atoms with Crippen LogP contribution in [0.3, 0.4) is 0 Å². The van der Waals surface area contributed by atoms with Crippen LogP contribution in [-0.2, 0) is 6.42 Å². The maximum atomic E-state index is 13.1. The zero-order chi connectivity index (χ0) is 18.8. The summed E-state index contributed by atoms with van der Waals surface area (Å²) in [5.41, 5.74) is 2.12. The summed E-state index contributed by atoms with van der Waals surface area (Å²) in [5.74, 6) is 0. The van der Waals surface area contributed by atoms with E-state index < -0.39 is 0 Å². The Bertz CT molecular complexity index is 1000. The lowest BCUT2D eigenvalue weighted by molar-refractivity contribution is 0.334. The van der Waals surface area contributed by atoms with Crippen molar-refractivity contribution in [3.8, 4) is 0 Å². The lowest BCUT2D eigenvalue weighted by Gasteiger charge is -2.19. The number of fused-ring (bicyclic) bond motifs is 1. The van der Waals surface area contributed by atoms with Gasteiger partial charge in [-0.1, -0.05) is 41.9 Å². The van der Waals surface area contributed by atoms with E-state index in [4.69, 9.17) is 16.7 Å². The van der Waals surface area contributed by atoms with E-state index in [1.807, 2.05) is 48.5 Å². The zero-order valence-electron chi connectivity index (χ0n) is 16.0. The molecule has 6 heteroatoms. The monoisotopic (exact) mass is 417 g/mol. The molecule has 28 heavy (non-hydrogen) atoms. The van der Waals surface area contributed by atoms with Crippen molar-refractivity contribution in [2.75, 3.05) is 20.1 Å². The van der Waals surface area contributed by atoms with Crippen molar-refractivity contribution in [2.45, 2.75) is 31.7 Å². The fourth-order valence-electron chi connectivity index (χ4n) is 3.91. The van der Waals surface area contributed by atoms with Crippen LogP contribution in [0.1, 0.15) is 36.6 Å². The quantitative estimate of drug-likeness (QED) is 0.618. The highest BCUT2D eigenvalue weighted by Crippen LogP contribution is 2.23. The zero-order valence-corrected chi connectivity index (χ0v) is 17.5. The van der Waals surface area contributed by atoms with E-state index in [0.29, 0.717) is 6.42 Å². The summed E-state index contributed by atoms with van der Waals surface area (Å²) in [7, 11) is 2.14. The van der Waals surface area contributed by atoms with E-state index in [1.54, 1.807) is 4.68 Å². The highest BCUT2D eigenvalue weighted by atomic mass is 35.5. The van der Waals surface area contributed by atoms with Crippen molar-refractivity contribution in [3.05, 3.63) is 75.2 Å². The number of nitrogens with zero attached hydrogens (tertiary/aromatic N) is 3. The Kier molecular flexibility index (Phi) is 6.76. The predicted octanol–water partition coefficient (Wildman–Crippen LogP) is 4.72. The van der Waals surface area contributed by atoms with E-state index in [2.05, 4.69) is 11.9 Å². The molecule has 148 valence electrons. The fourth-order valence-corrected chi connectivity index (χ4v) is 4.04. The molecule has 1 fully saturated rings. The largest absolute Gasteiger partial charge is 0.306 e. The molecule has 1 aromatic heterocycles. The molecule has 4 nitrogen and oxygen atoms in total. The molecule has 1 atom stereocenters. The highest BCUT2D eigenvalue weighted by molar-refractivity contribution is 6.30. The van der Waals surface area contributed by atoms with E-state index in [1.165, 1.54) is 0 Å². The molecule has 1 aliphatic heterocycles. The maximum Gasteiger partial charge on any atom is 0.274 e. The smallest absolute Gasteiger partial charge is 0.274 e. The minimum absolute atomic E-state index is 0. The molecule has 3 aromatic rings. The molecule has 0 N–H and O–H groups in total. The number of aromatic nitrogens is 2. The van der Waals surface area contributed by atoms with Gasteiger partial charge in [0.05, 0.1) is 17.1 Å². The minimum Gasteiger partial charge on any atom is -0.306 e. The van der Waals surface area contributed by atoms with Crippen molar-refractivity contribution in [2.24, 2.45) is 0 Å². The molecule has 0 saturated carbocycles. The van der Waals surface area contributed by atoms with Gasteiger partial charge in [0, 0.05) is 16.8 Å². The molecular weight excluding hydrogens is 393 g/mol. The molecule has 0 radical (unpaired) electrons. The summed E-state index contributed by atoms with van der Waals surface area (Å²) in [6.45, 7) is 2.08. The summed E-state index contributed by atoms with van der Waals surface area (Å²) >= 11 is 6.02. The Labute approximate surface area is 176 Å². The van der Waals surface area contributed by atoms with Gasteiger partial charge in [-0.15, -0.1) is 12.4 Å². The molecule has 0 spiro atoms. The van der Waals surface area contributed by atoms with Crippen LogP contribution in [0.2, 0.25) is 5.02 Å². The maximum absolute atomic E-state index is 13.1. The average molecular weight is 418 g/mol. The van der Waals surface area contributed by atoms with Crippen molar-refractivity contribution in [1.82, 2.24) is 14.7 Å². The van der Waals surface area contributed by atoms with Crippen molar-refractivity contribution in [3.63, 3.8) is 0 Å². The molecule has 0 bridgehead atoms. The highest BCUT2D eigenvalue weighted by Gasteiger charge is 2.21. The summed E-state index contributed by atoms with van der Waals surface area (Å²) in [4.78, 5) is 15.5. The minimum atomic E-state index is 0. The van der Waals surface area contributed by atoms with Gasteiger partial charge in [0.2, 0.25) is 0 Å². The van der Waals surface area contributed by atoms with Crippen LogP contribution in [0.15, 0.2) is 53.3 Å². The Balaban J connectivity index is 0.00000225. The molecule has 2 aromatic carbocycles. The molecule has 1 saturated heterocycles. The van der Waals surface area contributed by atoms with Gasteiger partial charge >= 0.3 is 0 Å². The van der Waals surface area contributed by atoms with Gasteiger partial charge in [0.1, 0.15) is 0 Å². The van der Waals surface area contributed by atoms with Crippen LogP contribution in [0.5, 0.6) is 0 Å². The van der Waals surface area contributed by atoms with Gasteiger partial charge in [-0.05, 0) is 63.2 Å². The molecule has 2 heterocycles. The van der Waals surface area contributed by atoms with Crippen molar-refractivity contribution >= 4 is 34.8 Å². The van der Waals surface area contributed by atoms with Crippen LogP contribution in [0.25, 0.3) is 10.8 Å². The second-order valence-electron chi connectivity index (χ2n) is 7.43. The lowest BCUT2D eigenvalue weighted by atomic mass is 10.0. The summed E-state index contributed by atoms with van der Waals surface area (Å²) < 4.78 is 1.76. The van der Waals surface area contributed by atoms with Gasteiger partial charge in [-0.2, -0.15) is 5.10 Å². The molecule has 1 aliphatic rings. The summed E-state index contributed by atoms with van der Waals surface area (Å²) in [6.07, 6.45) is 3.73. The SMILES string of the molecule is CN1CCC[C@H](n2nc(Cc3ccc(Cl)cc3)c3ccccc3c2=O)CC1.Cl. The third-order valence-electron chi connectivity index (χ3n) is 5.46. The Morgan fingerprint density at radius 3 is 2.50 bits per heavy atom. The van der Waals surface area contributed by atoms with E-state index >= 15 is 0 Å². The Morgan fingerprint density at radius 2 is 1.75 bits per heavy atom. The predicted molar refractivity (Wildman–Crippen MR) is 118 cm³/mol. The van der Waals surface area contributed by atoms with E-state index in [9.17, 15) is 4.79 Å². The normalized spacial score (nSPS) is 17.9. The van der Waals surface area contributed by atoms with Crippen molar-refractivity contribution in [1.29, 1.82) is 0 Å². The Morgan fingerprint density at radius 1 is 1.04 bits per heavy atom. The number of hydrogen-bond donors (Lipinski definition) is 0. The number of hydrogen-bond acceptors (Lipinski definition) is 3. The van der Waals surface area contributed by atoms with E-state index in [0.717, 1.165) is 59.4 Å². The molecule has 0 unspecified atom stereocenters. The summed E-state index contributed by atoms with van der Waals surface area (Å²) in [5, 5.41) is 7.29. The number of halogens is 2. The number of likely N-dealkylation sites (tertiary alicyclic amines) is 1. The first-order valence-electron chi connectivity index (χ1n) is 9.55. The fraction of sp³-hybridized carbons (Fsp3) is 0.364. The topological polar surface area (TPSA) is 38.1 Å². The Hall–Kier alpha value is -1.88. The second kappa shape index (κ2) is 9.08. The lowest BCUT2D eigenvalue weighted by Crippen LogP contribution is -2.29. The average Bonchev–Trinajstić information content (AvgIpc) is 2.90. The molecule has 0 aliphatic carbocycles. The van der Waals surface area contributed by atoms with Crippen molar-refractivity contribution < 1.29 is 0 Å². The van der Waals surface area contributed by atoms with Crippen LogP contribution in [0, 0.1) is 0 Å². The third-order valence-corrected chi connectivity index (χ3v) is 5.71. The number of rotatable bonds is 3. The molecule has 0 amide bonds. The van der Waals surface area contributed by atoms with Gasteiger partial charge < -0.3 is 4.90 Å². The second-order valence-corrected chi connectivity index (χ2v) is 7.87. The van der Waals surface area contributed by atoms with Crippen LogP contribution < -0.4 is 5.56 Å². The summed E-state index contributed by atoms with van der Waals surface area (Å²) in [6, 6.07) is 15.8. The van der Waals surface area contributed by atoms with Crippen LogP contribution in [0.4, 0.5) is 0 Å². The van der Waals surface area contributed by atoms with Gasteiger partial charge in [-0.3, -0.25) is 4.79 Å². The van der Waals surface area contributed by atoms with Gasteiger partial charge in [0.15, 0.2) is 0 Å². The number of benzene rings is 2. The first kappa shape index (κ1) is 20.8. The van der Waals surface area contributed by atoms with Crippen LogP contribution in [-0.4, -0.2) is 34.8 Å². The first-order valence-corrected chi connectivity index (χ1v) is 9.93. The standard InChI is InChI=1S/C22H24ClN3O.ClH/c1-25-13-4-5-18(12-14-25)26-22(27)20-7-3-2-6-19(20)21(24-26)15-16-8-10-17(23)11-9-16;/h2-3,6-11,18H,4-5,12-15H2,1H3;1H/t18-;/m0./s1. The molecular formula is C22H25Cl2N3O.